The van der Waals surface area contributed by atoms with E-state index < -0.39 is 0 Å². The minimum Gasteiger partial charge on any atom is -0.358 e. The number of anilines is 1. The van der Waals surface area contributed by atoms with E-state index in [4.69, 9.17) is 0 Å². The normalized spacial score (nSPS) is 13.8. The number of allylic oxidation sites excluding steroid dienone is 1. The Labute approximate surface area is 212 Å². The van der Waals surface area contributed by atoms with Crippen LogP contribution < -0.4 is 5.32 Å². The van der Waals surface area contributed by atoms with Crippen LogP contribution in [0.2, 0.25) is 0 Å². The molecule has 7 heteroatoms. The van der Waals surface area contributed by atoms with Gasteiger partial charge in [0.2, 0.25) is 0 Å². The lowest BCUT2D eigenvalue weighted by Gasteiger charge is -2.28. The van der Waals surface area contributed by atoms with E-state index in [1.54, 1.807) is 11.3 Å². The average Bonchev–Trinajstić information content (AvgIpc) is 3.61. The fourth-order valence-electron chi connectivity index (χ4n) is 4.92. The molecule has 36 heavy (non-hydrogen) atoms. The van der Waals surface area contributed by atoms with E-state index >= 15 is 0 Å². The van der Waals surface area contributed by atoms with E-state index in [1.165, 1.54) is 19.3 Å². The zero-order valence-corrected chi connectivity index (χ0v) is 20.4. The molecule has 0 radical (unpaired) electrons. The summed E-state index contributed by atoms with van der Waals surface area (Å²) in [4.78, 5) is 12.7. The van der Waals surface area contributed by atoms with Crippen LogP contribution in [0.5, 0.6) is 0 Å². The molecule has 1 fully saturated rings. The Balaban J connectivity index is 1.26. The number of hydrogen-bond acceptors (Lipinski definition) is 5. The van der Waals surface area contributed by atoms with Crippen LogP contribution >= 0.6 is 11.3 Å². The molecule has 1 aromatic carbocycles. The van der Waals surface area contributed by atoms with Crippen molar-refractivity contribution in [3.8, 4) is 33.8 Å². The highest BCUT2D eigenvalue weighted by Crippen LogP contribution is 2.36. The number of fused-ring (bicyclic) bond motifs is 2. The molecule has 6 aromatic rings. The van der Waals surface area contributed by atoms with Crippen LogP contribution in [0.1, 0.15) is 19.3 Å². The molecule has 0 spiro atoms. The second-order valence-electron chi connectivity index (χ2n) is 9.39. The van der Waals surface area contributed by atoms with Gasteiger partial charge in [-0.25, -0.2) is 0 Å². The van der Waals surface area contributed by atoms with Crippen molar-refractivity contribution in [1.82, 2.24) is 25.1 Å². The number of pyridine rings is 2. The highest BCUT2D eigenvalue weighted by Gasteiger charge is 2.20. The summed E-state index contributed by atoms with van der Waals surface area (Å²) in [5.74, 6) is 0.574. The number of nitrogens with one attached hydrogen (secondary N) is 3. The van der Waals surface area contributed by atoms with Crippen LogP contribution in [0.4, 0.5) is 5.69 Å². The minimum absolute atomic E-state index is 0.574. The molecule has 0 saturated heterocycles. The topological polar surface area (TPSA) is 82.3 Å². The third kappa shape index (κ3) is 3.60. The lowest BCUT2D eigenvalue weighted by Crippen LogP contribution is -2.18. The third-order valence-electron chi connectivity index (χ3n) is 7.14. The SMILES string of the molecule is C=C(Nc1cncc(-c2ccc3[nH]nc(-c4cc5c(-c6ccsc6)nccc5[nH]4)c3c2)c1)C1CCC1. The van der Waals surface area contributed by atoms with Gasteiger partial charge in [-0.2, -0.15) is 16.4 Å². The zero-order chi connectivity index (χ0) is 24.1. The molecule has 3 N–H and O–H groups in total. The van der Waals surface area contributed by atoms with Gasteiger partial charge in [0, 0.05) is 50.9 Å². The van der Waals surface area contributed by atoms with Crippen molar-refractivity contribution >= 4 is 38.8 Å². The number of H-pyrrole nitrogens is 2. The Morgan fingerprint density at radius 1 is 0.944 bits per heavy atom. The summed E-state index contributed by atoms with van der Waals surface area (Å²) in [7, 11) is 0. The largest absolute Gasteiger partial charge is 0.358 e. The fourth-order valence-corrected chi connectivity index (χ4v) is 5.56. The highest BCUT2D eigenvalue weighted by molar-refractivity contribution is 7.08. The molecule has 7 rings (SSSR count). The number of rotatable bonds is 6. The summed E-state index contributed by atoms with van der Waals surface area (Å²) < 4.78 is 0. The van der Waals surface area contributed by atoms with Gasteiger partial charge in [-0.15, -0.1) is 0 Å². The number of thiophene rings is 1. The zero-order valence-electron chi connectivity index (χ0n) is 19.6. The van der Waals surface area contributed by atoms with Crippen LogP contribution in [0, 0.1) is 5.92 Å². The molecule has 5 aromatic heterocycles. The van der Waals surface area contributed by atoms with Crippen molar-refractivity contribution in [3.63, 3.8) is 0 Å². The van der Waals surface area contributed by atoms with Gasteiger partial charge in [-0.3, -0.25) is 15.1 Å². The molecule has 176 valence electrons. The second kappa shape index (κ2) is 8.46. The summed E-state index contributed by atoms with van der Waals surface area (Å²) >= 11 is 1.68. The Morgan fingerprint density at radius 3 is 2.69 bits per heavy atom. The molecule has 0 unspecified atom stereocenters. The first kappa shape index (κ1) is 21.1. The number of benzene rings is 1. The van der Waals surface area contributed by atoms with Crippen LogP contribution in [0.25, 0.3) is 55.6 Å². The van der Waals surface area contributed by atoms with Crippen molar-refractivity contribution in [2.75, 3.05) is 5.32 Å². The van der Waals surface area contributed by atoms with Gasteiger partial charge >= 0.3 is 0 Å². The second-order valence-corrected chi connectivity index (χ2v) is 10.2. The van der Waals surface area contributed by atoms with Gasteiger partial charge < -0.3 is 10.3 Å². The van der Waals surface area contributed by atoms with Crippen molar-refractivity contribution in [3.05, 3.63) is 84.1 Å². The fraction of sp³-hybridized carbons (Fsp3) is 0.138. The summed E-state index contributed by atoms with van der Waals surface area (Å²) in [5, 5.41) is 17.7. The summed E-state index contributed by atoms with van der Waals surface area (Å²) in [6.45, 7) is 4.24. The van der Waals surface area contributed by atoms with Crippen LogP contribution in [0.3, 0.4) is 0 Å². The first-order valence-electron chi connectivity index (χ1n) is 12.1. The number of hydrogen-bond donors (Lipinski definition) is 3. The van der Waals surface area contributed by atoms with Crippen molar-refractivity contribution in [1.29, 1.82) is 0 Å². The molecular formula is C29H24N6S. The Bertz CT molecular complexity index is 1720. The molecule has 0 bridgehead atoms. The average molecular weight is 489 g/mol. The molecule has 5 heterocycles. The maximum Gasteiger partial charge on any atom is 0.116 e. The quantitative estimate of drug-likeness (QED) is 0.225. The molecule has 1 aliphatic rings. The monoisotopic (exact) mass is 488 g/mol. The maximum atomic E-state index is 4.67. The van der Waals surface area contributed by atoms with Crippen molar-refractivity contribution < 1.29 is 0 Å². The van der Waals surface area contributed by atoms with Crippen LogP contribution in [0.15, 0.2) is 84.1 Å². The molecular weight excluding hydrogens is 464 g/mol. The van der Waals surface area contributed by atoms with Crippen molar-refractivity contribution in [2.24, 2.45) is 5.92 Å². The molecule has 6 nitrogen and oxygen atoms in total. The number of nitrogens with zero attached hydrogens (tertiary/aromatic N) is 3. The molecule has 0 aliphatic heterocycles. The maximum absolute atomic E-state index is 4.67. The van der Waals surface area contributed by atoms with E-state index in [1.807, 2.05) is 24.7 Å². The van der Waals surface area contributed by atoms with Crippen molar-refractivity contribution in [2.45, 2.75) is 19.3 Å². The van der Waals surface area contributed by atoms with Crippen LogP contribution in [-0.2, 0) is 0 Å². The Hall–Kier alpha value is -4.23. The summed E-state index contributed by atoms with van der Waals surface area (Å²) in [6, 6.07) is 14.8. The lowest BCUT2D eigenvalue weighted by atomic mass is 9.83. The van der Waals surface area contributed by atoms with E-state index in [-0.39, 0.29) is 0 Å². The van der Waals surface area contributed by atoms with Gasteiger partial charge in [0.25, 0.3) is 0 Å². The van der Waals surface area contributed by atoms with Gasteiger partial charge in [-0.1, -0.05) is 19.1 Å². The number of aromatic nitrogens is 5. The van der Waals surface area contributed by atoms with Gasteiger partial charge in [0.1, 0.15) is 5.69 Å². The molecule has 0 amide bonds. The van der Waals surface area contributed by atoms with Gasteiger partial charge in [0.05, 0.1) is 28.8 Å². The van der Waals surface area contributed by atoms with E-state index in [2.05, 4.69) is 84.2 Å². The highest BCUT2D eigenvalue weighted by atomic mass is 32.1. The molecule has 1 aliphatic carbocycles. The van der Waals surface area contributed by atoms with E-state index in [0.29, 0.717) is 5.92 Å². The first-order valence-corrected chi connectivity index (χ1v) is 13.1. The predicted octanol–water partition coefficient (Wildman–Crippen LogP) is 7.62. The van der Waals surface area contributed by atoms with E-state index in [0.717, 1.165) is 67.0 Å². The smallest absolute Gasteiger partial charge is 0.116 e. The van der Waals surface area contributed by atoms with Crippen LogP contribution in [-0.4, -0.2) is 25.1 Å². The summed E-state index contributed by atoms with van der Waals surface area (Å²) in [6.07, 6.45) is 9.34. The standard InChI is InChI=1S/C29H24N6S/c1-17(18-3-2-4-18)32-22-11-21(14-30-15-22)19-5-6-26-23(12-19)29(35-34-26)27-13-24-25(33-27)7-9-31-28(24)20-8-10-36-16-20/h5-16,18,32-33H,1-4H2,(H,34,35). The predicted molar refractivity (Wildman–Crippen MR) is 148 cm³/mol. The Morgan fingerprint density at radius 2 is 1.86 bits per heavy atom. The summed E-state index contributed by atoms with van der Waals surface area (Å²) in [5.41, 5.74) is 10.2. The first-order chi connectivity index (χ1) is 17.7. The minimum atomic E-state index is 0.574. The number of aromatic amines is 2. The lowest BCUT2D eigenvalue weighted by molar-refractivity contribution is 0.371. The molecule has 1 saturated carbocycles. The van der Waals surface area contributed by atoms with E-state index in [9.17, 15) is 0 Å². The van der Waals surface area contributed by atoms with Gasteiger partial charge in [0.15, 0.2) is 0 Å². The third-order valence-corrected chi connectivity index (χ3v) is 7.82. The Kier molecular flexibility index (Phi) is 4.96. The van der Waals surface area contributed by atoms with Gasteiger partial charge in [-0.05, 0) is 66.1 Å². The molecule has 0 atom stereocenters.